The number of nitrogens with zero attached hydrogens (tertiary/aromatic N) is 1. The highest BCUT2D eigenvalue weighted by Gasteiger charge is 1.98. The highest BCUT2D eigenvalue weighted by molar-refractivity contribution is 5.61. The minimum absolute atomic E-state index is 0.164. The number of aryl methyl sites for hydroxylation is 1. The van der Waals surface area contributed by atoms with Crippen molar-refractivity contribution in [3.8, 4) is 11.5 Å². The Morgan fingerprint density at radius 2 is 1.86 bits per heavy atom. The maximum absolute atomic E-state index is 10.2. The summed E-state index contributed by atoms with van der Waals surface area (Å²) in [6, 6.07) is 12.5. The molecule has 0 atom stereocenters. The number of nitroso groups, excluding NO2 is 1. The van der Waals surface area contributed by atoms with Crippen LogP contribution >= 0.6 is 0 Å². The van der Waals surface area contributed by atoms with Gasteiger partial charge in [-0.25, -0.2) is 0 Å². The van der Waals surface area contributed by atoms with Gasteiger partial charge < -0.3 is 9.84 Å². The van der Waals surface area contributed by atoms with Crippen molar-refractivity contribution in [2.75, 3.05) is 7.11 Å². The molecule has 0 unspecified atom stereocenters. The summed E-state index contributed by atoms with van der Waals surface area (Å²) in [5.41, 5.74) is 2.21. The molecule has 0 aliphatic rings. The Morgan fingerprint density at radius 3 is 2.41 bits per heavy atom. The van der Waals surface area contributed by atoms with Crippen LogP contribution in [0.3, 0.4) is 0 Å². The molecule has 4 heteroatoms. The molecule has 0 spiro atoms. The van der Waals surface area contributed by atoms with Crippen molar-refractivity contribution in [1.29, 1.82) is 0 Å². The standard InChI is InChI=1S/C10H11NO2.C8H10O/c1-2-3-4-8-7-9(11-13)5-6-10(8)12;1-7-3-5-8(9-2)6-4-7/h3-7,12H,2H2,1H3;3-6H,1-2H3/b4-3-;. The van der Waals surface area contributed by atoms with E-state index >= 15 is 0 Å². The number of methoxy groups -OCH3 is 1. The molecule has 116 valence electrons. The largest absolute Gasteiger partial charge is 0.507 e. The average Bonchev–Trinajstić information content (AvgIpc) is 2.55. The molecule has 2 aromatic rings. The van der Waals surface area contributed by atoms with Crippen LogP contribution in [0.1, 0.15) is 24.5 Å². The number of ether oxygens (including phenoxy) is 1. The molecule has 0 fully saturated rings. The Balaban J connectivity index is 0.000000235. The molecule has 22 heavy (non-hydrogen) atoms. The van der Waals surface area contributed by atoms with Crippen LogP contribution in [0.5, 0.6) is 11.5 Å². The second-order valence-electron chi connectivity index (χ2n) is 4.66. The first-order valence-electron chi connectivity index (χ1n) is 7.04. The quantitative estimate of drug-likeness (QED) is 0.788. The summed E-state index contributed by atoms with van der Waals surface area (Å²) in [6.07, 6.45) is 4.56. The van der Waals surface area contributed by atoms with Crippen molar-refractivity contribution in [2.24, 2.45) is 5.18 Å². The van der Waals surface area contributed by atoms with Gasteiger partial charge in [-0.15, -0.1) is 4.91 Å². The SMILES string of the molecule is CC/C=C\c1cc(N=O)ccc1O.COc1ccc(C)cc1. The maximum atomic E-state index is 10.2. The number of benzene rings is 2. The normalized spacial score (nSPS) is 9.95. The van der Waals surface area contributed by atoms with Gasteiger partial charge in [0.2, 0.25) is 0 Å². The molecule has 1 N–H and O–H groups in total. The van der Waals surface area contributed by atoms with E-state index in [-0.39, 0.29) is 5.75 Å². The molecule has 0 aromatic heterocycles. The first-order valence-corrected chi connectivity index (χ1v) is 7.04. The Labute approximate surface area is 131 Å². The molecule has 0 saturated heterocycles. The highest BCUT2D eigenvalue weighted by atomic mass is 16.5. The van der Waals surface area contributed by atoms with Gasteiger partial charge in [0.25, 0.3) is 0 Å². The molecule has 0 amide bonds. The average molecular weight is 299 g/mol. The fourth-order valence-electron chi connectivity index (χ4n) is 1.65. The fraction of sp³-hybridized carbons (Fsp3) is 0.222. The lowest BCUT2D eigenvalue weighted by Crippen LogP contribution is -1.80. The zero-order valence-electron chi connectivity index (χ0n) is 13.1. The topological polar surface area (TPSA) is 58.9 Å². The van der Waals surface area contributed by atoms with Crippen LogP contribution in [0.2, 0.25) is 0 Å². The van der Waals surface area contributed by atoms with Gasteiger partial charge in [-0.05, 0) is 48.9 Å². The van der Waals surface area contributed by atoms with Crippen molar-refractivity contribution < 1.29 is 9.84 Å². The molecular weight excluding hydrogens is 278 g/mol. The van der Waals surface area contributed by atoms with Gasteiger partial charge in [0.05, 0.1) is 7.11 Å². The van der Waals surface area contributed by atoms with E-state index in [1.54, 1.807) is 19.3 Å². The monoisotopic (exact) mass is 299 g/mol. The zero-order valence-corrected chi connectivity index (χ0v) is 13.1. The second-order valence-corrected chi connectivity index (χ2v) is 4.66. The summed E-state index contributed by atoms with van der Waals surface area (Å²) in [5, 5.41) is 12.1. The minimum atomic E-state index is 0.164. The van der Waals surface area contributed by atoms with E-state index in [2.05, 4.69) is 12.1 Å². The highest BCUT2D eigenvalue weighted by Crippen LogP contribution is 2.24. The molecule has 0 heterocycles. The van der Waals surface area contributed by atoms with Crippen molar-refractivity contribution >= 4 is 11.8 Å². The van der Waals surface area contributed by atoms with Crippen LogP contribution in [0.15, 0.2) is 53.7 Å². The van der Waals surface area contributed by atoms with Gasteiger partial charge in [-0.1, -0.05) is 36.8 Å². The van der Waals surface area contributed by atoms with Gasteiger partial charge in [0, 0.05) is 5.56 Å². The van der Waals surface area contributed by atoms with E-state index in [0.29, 0.717) is 11.3 Å². The lowest BCUT2D eigenvalue weighted by atomic mass is 10.1. The van der Waals surface area contributed by atoms with Crippen molar-refractivity contribution in [2.45, 2.75) is 20.3 Å². The number of allylic oxidation sites excluding steroid dienone is 1. The third-order valence-electron chi connectivity index (χ3n) is 2.91. The van der Waals surface area contributed by atoms with Gasteiger partial charge in [-0.3, -0.25) is 0 Å². The van der Waals surface area contributed by atoms with Gasteiger partial charge in [0.1, 0.15) is 17.2 Å². The Hall–Kier alpha value is -2.62. The van der Waals surface area contributed by atoms with Crippen molar-refractivity contribution in [1.82, 2.24) is 0 Å². The van der Waals surface area contributed by atoms with Crippen LogP contribution < -0.4 is 4.74 Å². The number of aromatic hydroxyl groups is 1. The summed E-state index contributed by atoms with van der Waals surface area (Å²) < 4.78 is 4.97. The predicted octanol–water partition coefficient (Wildman–Crippen LogP) is 5.22. The summed E-state index contributed by atoms with van der Waals surface area (Å²) in [7, 11) is 1.67. The fourth-order valence-corrected chi connectivity index (χ4v) is 1.65. The summed E-state index contributed by atoms with van der Waals surface area (Å²) in [6.45, 7) is 4.05. The summed E-state index contributed by atoms with van der Waals surface area (Å²) in [4.78, 5) is 10.2. The predicted molar refractivity (Wildman–Crippen MR) is 90.6 cm³/mol. The lowest BCUT2D eigenvalue weighted by Gasteiger charge is -1.98. The molecule has 2 aromatic carbocycles. The van der Waals surface area contributed by atoms with Gasteiger partial charge in [-0.2, -0.15) is 0 Å². The van der Waals surface area contributed by atoms with E-state index in [0.717, 1.165) is 12.2 Å². The Kier molecular flexibility index (Phi) is 7.40. The van der Waals surface area contributed by atoms with Crippen molar-refractivity contribution in [3.63, 3.8) is 0 Å². The van der Waals surface area contributed by atoms with E-state index in [1.807, 2.05) is 37.3 Å². The summed E-state index contributed by atoms with van der Waals surface area (Å²) in [5.74, 6) is 1.08. The Bertz CT molecular complexity index is 619. The lowest BCUT2D eigenvalue weighted by molar-refractivity contribution is 0.414. The summed E-state index contributed by atoms with van der Waals surface area (Å²) >= 11 is 0. The molecular formula is C18H21NO3. The van der Waals surface area contributed by atoms with Gasteiger partial charge >= 0.3 is 0 Å². The van der Waals surface area contributed by atoms with E-state index in [4.69, 9.17) is 4.74 Å². The van der Waals surface area contributed by atoms with Crippen LogP contribution in [0, 0.1) is 11.8 Å². The number of phenolic OH excluding ortho intramolecular Hbond substituents is 1. The smallest absolute Gasteiger partial charge is 0.122 e. The second kappa shape index (κ2) is 9.34. The third kappa shape index (κ3) is 5.79. The van der Waals surface area contributed by atoms with Crippen LogP contribution in [-0.4, -0.2) is 12.2 Å². The van der Waals surface area contributed by atoms with Crippen LogP contribution in [0.4, 0.5) is 5.69 Å². The molecule has 0 aliphatic heterocycles. The Morgan fingerprint density at radius 1 is 1.18 bits per heavy atom. The van der Waals surface area contributed by atoms with Crippen LogP contribution in [0.25, 0.3) is 6.08 Å². The van der Waals surface area contributed by atoms with E-state index in [9.17, 15) is 10.0 Å². The molecule has 0 saturated carbocycles. The molecule has 0 aliphatic carbocycles. The van der Waals surface area contributed by atoms with Crippen LogP contribution in [-0.2, 0) is 0 Å². The first-order chi connectivity index (χ1) is 10.6. The molecule has 4 nitrogen and oxygen atoms in total. The van der Waals surface area contributed by atoms with Gasteiger partial charge in [0.15, 0.2) is 0 Å². The van der Waals surface area contributed by atoms with E-state index in [1.165, 1.54) is 17.7 Å². The number of hydrogen-bond donors (Lipinski definition) is 1. The van der Waals surface area contributed by atoms with E-state index < -0.39 is 0 Å². The molecule has 2 rings (SSSR count). The maximum Gasteiger partial charge on any atom is 0.122 e. The number of rotatable bonds is 4. The first kappa shape index (κ1) is 17.4. The zero-order chi connectivity index (χ0) is 16.4. The van der Waals surface area contributed by atoms with Crippen molar-refractivity contribution in [3.05, 3.63) is 64.6 Å². The minimum Gasteiger partial charge on any atom is -0.507 e. The number of phenols is 1. The third-order valence-corrected chi connectivity index (χ3v) is 2.91. The molecule has 0 bridgehead atoms. The molecule has 0 radical (unpaired) electrons. The number of hydrogen-bond acceptors (Lipinski definition) is 4.